The van der Waals surface area contributed by atoms with E-state index >= 15 is 0 Å². The molecule has 69 heavy (non-hydrogen) atoms. The zero-order valence-corrected chi connectivity index (χ0v) is 44.9. The van der Waals surface area contributed by atoms with Crippen molar-refractivity contribution in [2.24, 2.45) is 5.73 Å². The molecule has 0 aromatic rings. The van der Waals surface area contributed by atoms with Crippen molar-refractivity contribution in [3.63, 3.8) is 0 Å². The predicted molar refractivity (Wildman–Crippen MR) is 283 cm³/mol. The monoisotopic (exact) mass is 1010 g/mol. The van der Waals surface area contributed by atoms with Crippen molar-refractivity contribution in [1.82, 2.24) is 0 Å². The summed E-state index contributed by atoms with van der Waals surface area (Å²) in [6, 6.07) is -1.20. The minimum Gasteiger partial charge on any atom is -0.756 e. The fraction of sp³-hybridized carbons (Fsp3) is 0.685. The quantitative estimate of drug-likeness (QED) is 0.0130. The molecule has 0 spiro atoms. The van der Waals surface area contributed by atoms with E-state index in [1.165, 1.54) is 63.1 Å². The van der Waals surface area contributed by atoms with E-state index in [0.29, 0.717) is 17.4 Å². The maximum Gasteiger partial charge on any atom is 0.324 e. The number of phosphoric ester groups is 1. The molecule has 0 radical (unpaired) electrons. The molecular formula is C54H93N2O11PS. The van der Waals surface area contributed by atoms with Crippen LogP contribution in [-0.4, -0.2) is 109 Å². The van der Waals surface area contributed by atoms with Crippen LogP contribution in [0.3, 0.4) is 0 Å². The van der Waals surface area contributed by atoms with E-state index in [4.69, 9.17) is 29.4 Å². The highest BCUT2D eigenvalue weighted by atomic mass is 32.2. The summed E-state index contributed by atoms with van der Waals surface area (Å²) in [7, 11) is 0.846. The first kappa shape index (κ1) is 65.9. The van der Waals surface area contributed by atoms with Crippen molar-refractivity contribution in [2.75, 3.05) is 53.3 Å². The third-order valence-corrected chi connectivity index (χ3v) is 13.0. The van der Waals surface area contributed by atoms with Crippen LogP contribution in [-0.2, 0) is 37.5 Å². The Morgan fingerprint density at radius 3 is 1.83 bits per heavy atom. The van der Waals surface area contributed by atoms with E-state index in [1.54, 1.807) is 12.2 Å². The van der Waals surface area contributed by atoms with Gasteiger partial charge in [0, 0.05) is 23.8 Å². The Morgan fingerprint density at radius 2 is 1.22 bits per heavy atom. The van der Waals surface area contributed by atoms with Crippen LogP contribution >= 0.6 is 19.6 Å². The number of aliphatic carboxylic acids is 1. The normalized spacial score (nSPS) is 15.4. The van der Waals surface area contributed by atoms with Crippen molar-refractivity contribution in [2.45, 2.75) is 185 Å². The number of esters is 2. The van der Waals surface area contributed by atoms with Gasteiger partial charge in [-0.1, -0.05) is 157 Å². The number of quaternary nitrogens is 1. The van der Waals surface area contributed by atoms with E-state index in [9.17, 15) is 28.9 Å². The average Bonchev–Trinajstić information content (AvgIpc) is 3.29. The standard InChI is InChI=1S/C54H93N2O11PS/c1-6-8-10-12-14-16-18-20-21-22-23-24-25-26-27-29-31-33-35-37-42-53(60)64-45-48(46-66-68(62,63)65-44-43-56(3,4)5)67-54(61)49(55)47-69-51(50(57)39-38-41-52(58)59)40-36-34-32-30-28-19-17-15-13-11-9-7-2/h15-18,21-22,24-25,28,30,32,34,36,40,48-51,57H,6-14,19-20,23,26-27,29,31,33,35,37-39,41-47,55H2,1-5H3,(H-,58,59,62,63)/b17-15-,18-16-,22-21-,25-24-,30-28-,34-32+,40-36+/t48-,49+,50+,51-/m1/s1. The first-order chi connectivity index (χ1) is 33.1. The number of rotatable bonds is 46. The summed E-state index contributed by atoms with van der Waals surface area (Å²) in [5, 5.41) is 19.5. The van der Waals surface area contributed by atoms with Crippen molar-refractivity contribution < 1.29 is 57.1 Å². The Bertz CT molecular complexity index is 1570. The Labute approximate surface area is 422 Å². The van der Waals surface area contributed by atoms with Crippen LogP contribution in [0.2, 0.25) is 0 Å². The van der Waals surface area contributed by atoms with E-state index in [0.717, 1.165) is 64.2 Å². The summed E-state index contributed by atoms with van der Waals surface area (Å²) < 4.78 is 34.1. The number of carboxylic acids is 1. The van der Waals surface area contributed by atoms with Gasteiger partial charge in [0.1, 0.15) is 25.8 Å². The van der Waals surface area contributed by atoms with E-state index in [2.05, 4.69) is 62.5 Å². The molecule has 0 aliphatic heterocycles. The molecule has 0 aliphatic carbocycles. The maximum atomic E-state index is 13.3. The SMILES string of the molecule is CCCCC/C=C\C\C=C/C=C/C=C/[C@@H](SC[C@H](N)C(=O)O[C@H](COC(=O)CCCCCCCC/C=C\C/C=C\C/C=C\CCCCCC)COP(=O)([O-])OCC[N+](C)(C)C)[C@@H](O)CCCC(=O)O. The molecule has 0 aromatic heterocycles. The van der Waals surface area contributed by atoms with E-state index in [-0.39, 0.29) is 38.0 Å². The molecule has 0 aliphatic rings. The van der Waals surface area contributed by atoms with Crippen LogP contribution in [0.15, 0.2) is 85.1 Å². The summed E-state index contributed by atoms with van der Waals surface area (Å²) >= 11 is 1.20. The van der Waals surface area contributed by atoms with Gasteiger partial charge < -0.3 is 43.8 Å². The lowest BCUT2D eigenvalue weighted by molar-refractivity contribution is -0.870. The zero-order valence-electron chi connectivity index (χ0n) is 43.1. The number of aliphatic hydroxyl groups excluding tert-OH is 1. The molecule has 0 fully saturated rings. The van der Waals surface area contributed by atoms with E-state index in [1.807, 2.05) is 45.4 Å². The number of hydrogen-bond donors (Lipinski definition) is 3. The fourth-order valence-electron chi connectivity index (χ4n) is 6.44. The molecule has 0 saturated heterocycles. The summed E-state index contributed by atoms with van der Waals surface area (Å²) in [4.78, 5) is 49.7. The number of phosphoric acid groups is 1. The van der Waals surface area contributed by atoms with Gasteiger partial charge in [-0.3, -0.25) is 18.9 Å². The van der Waals surface area contributed by atoms with Gasteiger partial charge in [0.25, 0.3) is 7.82 Å². The van der Waals surface area contributed by atoms with Gasteiger partial charge in [0.2, 0.25) is 0 Å². The molecule has 4 N–H and O–H groups in total. The van der Waals surface area contributed by atoms with Gasteiger partial charge in [-0.25, -0.2) is 0 Å². The second kappa shape index (κ2) is 44.8. The van der Waals surface area contributed by atoms with Gasteiger partial charge in [0.05, 0.1) is 33.9 Å². The third-order valence-electron chi connectivity index (χ3n) is 10.6. The lowest BCUT2D eigenvalue weighted by Crippen LogP contribution is -2.40. The maximum absolute atomic E-state index is 13.3. The fourth-order valence-corrected chi connectivity index (χ4v) is 8.29. The second-order valence-corrected chi connectivity index (χ2v) is 21.0. The highest BCUT2D eigenvalue weighted by Gasteiger charge is 2.26. The van der Waals surface area contributed by atoms with Gasteiger partial charge in [-0.05, 0) is 77.0 Å². The topological polar surface area (TPSA) is 195 Å². The Hall–Kier alpha value is -3.07. The van der Waals surface area contributed by atoms with Crippen LogP contribution in [0, 0.1) is 0 Å². The van der Waals surface area contributed by atoms with Crippen LogP contribution in [0.1, 0.15) is 162 Å². The Morgan fingerprint density at radius 1 is 0.681 bits per heavy atom. The molecule has 0 amide bonds. The molecule has 15 heteroatoms. The lowest BCUT2D eigenvalue weighted by atomic mass is 10.1. The lowest BCUT2D eigenvalue weighted by Gasteiger charge is -2.28. The molecule has 0 saturated carbocycles. The summed E-state index contributed by atoms with van der Waals surface area (Å²) in [5.41, 5.74) is 6.25. The van der Waals surface area contributed by atoms with E-state index < -0.39 is 62.4 Å². The van der Waals surface area contributed by atoms with Crippen LogP contribution in [0.5, 0.6) is 0 Å². The molecule has 0 rings (SSSR count). The number of carbonyl (C=O) groups is 3. The second-order valence-electron chi connectivity index (χ2n) is 18.4. The molecular weight excluding hydrogens is 916 g/mol. The number of nitrogens with two attached hydrogens (primary N) is 1. The zero-order chi connectivity index (χ0) is 51.3. The minimum atomic E-state index is -4.80. The molecule has 0 aromatic carbocycles. The molecule has 0 heterocycles. The number of carbonyl (C=O) groups excluding carboxylic acids is 2. The third kappa shape index (κ3) is 45.8. The molecule has 13 nitrogen and oxygen atoms in total. The number of carboxylic acid groups (broad SMARTS) is 1. The number of aliphatic hydroxyl groups is 1. The van der Waals surface area contributed by atoms with Gasteiger partial charge >= 0.3 is 17.9 Å². The van der Waals surface area contributed by atoms with Crippen molar-refractivity contribution in [1.29, 1.82) is 0 Å². The Kier molecular flexibility index (Phi) is 42.8. The van der Waals surface area contributed by atoms with Gasteiger partial charge in [-0.2, -0.15) is 0 Å². The number of nitrogens with zero attached hydrogens (tertiary/aromatic N) is 1. The molecule has 5 atom stereocenters. The Balaban J connectivity index is 5.14. The first-order valence-corrected chi connectivity index (χ1v) is 28.2. The number of thioether (sulfide) groups is 1. The predicted octanol–water partition coefficient (Wildman–Crippen LogP) is 11.4. The molecule has 396 valence electrons. The van der Waals surface area contributed by atoms with Crippen LogP contribution < -0.4 is 10.6 Å². The summed E-state index contributed by atoms with van der Waals surface area (Å²) in [6.07, 6.45) is 47.9. The number of ether oxygens (including phenoxy) is 2. The minimum absolute atomic E-state index is 0.00548. The van der Waals surface area contributed by atoms with Gasteiger partial charge in [0.15, 0.2) is 6.10 Å². The van der Waals surface area contributed by atoms with Gasteiger partial charge in [-0.15, -0.1) is 11.8 Å². The van der Waals surface area contributed by atoms with Crippen LogP contribution in [0.25, 0.3) is 0 Å². The number of allylic oxidation sites excluding steroid dienone is 13. The highest BCUT2D eigenvalue weighted by molar-refractivity contribution is 8.00. The number of unbranched alkanes of at least 4 members (excludes halogenated alkanes) is 13. The van der Waals surface area contributed by atoms with Crippen molar-refractivity contribution in [3.05, 3.63) is 85.1 Å². The average molecular weight is 1010 g/mol. The summed E-state index contributed by atoms with van der Waals surface area (Å²) in [5.74, 6) is -2.35. The number of hydrogen-bond acceptors (Lipinski definition) is 12. The van der Waals surface area contributed by atoms with Crippen molar-refractivity contribution >= 4 is 37.5 Å². The largest absolute Gasteiger partial charge is 0.756 e. The van der Waals surface area contributed by atoms with Crippen molar-refractivity contribution in [3.8, 4) is 0 Å². The first-order valence-electron chi connectivity index (χ1n) is 25.7. The summed E-state index contributed by atoms with van der Waals surface area (Å²) in [6.45, 7) is 3.57. The molecule has 0 bridgehead atoms. The smallest absolute Gasteiger partial charge is 0.324 e. The number of likely N-dealkylation sites (N-methyl/N-ethyl adjacent to an activating group) is 1. The molecule has 1 unspecified atom stereocenters. The van der Waals surface area contributed by atoms with Crippen LogP contribution in [0.4, 0.5) is 0 Å². The highest BCUT2D eigenvalue weighted by Crippen LogP contribution is 2.38.